The molecule has 2 atom stereocenters. The molecule has 0 amide bonds. The average molecular weight is 482 g/mol. The number of aliphatic imine (C=N–C) groups is 2. The van der Waals surface area contributed by atoms with Crippen LogP contribution in [-0.2, 0) is 29.9 Å². The van der Waals surface area contributed by atoms with Gasteiger partial charge in [0.1, 0.15) is 30.7 Å². The van der Waals surface area contributed by atoms with Gasteiger partial charge in [0.25, 0.3) is 0 Å². The van der Waals surface area contributed by atoms with Crippen molar-refractivity contribution in [2.24, 2.45) is 15.4 Å². The summed E-state index contributed by atoms with van der Waals surface area (Å²) in [4.78, 5) is 9.61. The van der Waals surface area contributed by atoms with Gasteiger partial charge in [-0.05, 0) is 31.9 Å². The van der Waals surface area contributed by atoms with E-state index in [2.05, 4.69) is 51.6 Å². The Kier molecular flexibility index (Phi) is 8.37. The second kappa shape index (κ2) is 10.5. The van der Waals surface area contributed by atoms with Gasteiger partial charge in [0, 0.05) is 20.4 Å². The number of rotatable bonds is 4. The molecule has 4 nitrogen and oxygen atoms in total. The molecule has 2 aromatic rings. The number of hydrogen-bond acceptors (Lipinski definition) is 4. The molecule has 4 rings (SSSR count). The Hall–Kier alpha value is -2.22. The SMILES string of the molecule is CC(C)(C1=N[C@@H](c2ccccc2)CO1)C1=N[C@@H](c2ccccc2)CO1.[CH2]C=C.[Pd]. The topological polar surface area (TPSA) is 43.2 Å². The molecule has 0 aromatic heterocycles. The van der Waals surface area contributed by atoms with Crippen LogP contribution >= 0.6 is 0 Å². The minimum atomic E-state index is -0.465. The van der Waals surface area contributed by atoms with E-state index in [-0.39, 0.29) is 32.5 Å². The molecule has 0 saturated heterocycles. The van der Waals surface area contributed by atoms with Gasteiger partial charge in [0.15, 0.2) is 11.8 Å². The molecule has 0 bridgehead atoms. The van der Waals surface area contributed by atoms with Crippen LogP contribution < -0.4 is 0 Å². The van der Waals surface area contributed by atoms with Crippen LogP contribution in [0.25, 0.3) is 0 Å². The van der Waals surface area contributed by atoms with E-state index in [1.165, 1.54) is 17.2 Å². The molecule has 0 fully saturated rings. The van der Waals surface area contributed by atoms with Crippen LogP contribution in [0.3, 0.4) is 0 Å². The zero-order valence-electron chi connectivity index (χ0n) is 16.9. The van der Waals surface area contributed by atoms with Crippen LogP contribution in [0, 0.1) is 12.3 Å². The van der Waals surface area contributed by atoms with Gasteiger partial charge < -0.3 is 9.47 Å². The number of hydrogen-bond donors (Lipinski definition) is 0. The summed E-state index contributed by atoms with van der Waals surface area (Å²) in [7, 11) is 0. The van der Waals surface area contributed by atoms with Crippen LogP contribution in [-0.4, -0.2) is 25.0 Å². The van der Waals surface area contributed by atoms with Crippen molar-refractivity contribution in [1.82, 2.24) is 0 Å². The van der Waals surface area contributed by atoms with Crippen LogP contribution in [0.4, 0.5) is 0 Å². The third-order valence-electron chi connectivity index (χ3n) is 4.74. The molecular weight excluding hydrogens is 455 g/mol. The van der Waals surface area contributed by atoms with Crippen molar-refractivity contribution in [1.29, 1.82) is 0 Å². The van der Waals surface area contributed by atoms with Gasteiger partial charge in [-0.1, -0.05) is 66.7 Å². The Labute approximate surface area is 187 Å². The minimum Gasteiger partial charge on any atom is -0.478 e. The fourth-order valence-corrected chi connectivity index (χ4v) is 3.21. The summed E-state index contributed by atoms with van der Waals surface area (Å²) in [6.45, 7) is 11.8. The molecule has 0 spiro atoms. The minimum absolute atomic E-state index is 0. The molecule has 2 heterocycles. The molecule has 2 aliphatic rings. The van der Waals surface area contributed by atoms with Gasteiger partial charge in [-0.2, -0.15) is 0 Å². The van der Waals surface area contributed by atoms with Gasteiger partial charge in [0.05, 0.1) is 0 Å². The van der Waals surface area contributed by atoms with Crippen molar-refractivity contribution in [2.75, 3.05) is 13.2 Å². The van der Waals surface area contributed by atoms with E-state index in [1.807, 2.05) is 36.4 Å². The molecule has 0 aliphatic carbocycles. The summed E-state index contributed by atoms with van der Waals surface area (Å²) in [5.41, 5.74) is 1.88. The van der Waals surface area contributed by atoms with E-state index in [0.29, 0.717) is 25.0 Å². The molecule has 2 aromatic carbocycles. The maximum atomic E-state index is 5.93. The zero-order valence-corrected chi connectivity index (χ0v) is 18.4. The molecule has 0 saturated carbocycles. The monoisotopic (exact) mass is 481 g/mol. The molecule has 1 radical (unpaired) electrons. The van der Waals surface area contributed by atoms with Crippen LogP contribution in [0.15, 0.2) is 83.3 Å². The maximum absolute atomic E-state index is 5.93. The van der Waals surface area contributed by atoms with Crippen molar-refractivity contribution in [2.45, 2.75) is 25.9 Å². The first kappa shape index (κ1) is 23.1. The maximum Gasteiger partial charge on any atom is 0.199 e. The van der Waals surface area contributed by atoms with Crippen molar-refractivity contribution in [3.05, 3.63) is 91.4 Å². The Morgan fingerprint density at radius 3 is 1.52 bits per heavy atom. The van der Waals surface area contributed by atoms with Crippen molar-refractivity contribution >= 4 is 11.8 Å². The summed E-state index contributed by atoms with van der Waals surface area (Å²) < 4.78 is 11.9. The summed E-state index contributed by atoms with van der Waals surface area (Å²) in [5.74, 6) is 1.41. The molecule has 0 N–H and O–H groups in total. The number of benzene rings is 2. The third-order valence-corrected chi connectivity index (χ3v) is 4.74. The van der Waals surface area contributed by atoms with Crippen LogP contribution in [0.2, 0.25) is 0 Å². The van der Waals surface area contributed by atoms with Gasteiger partial charge in [-0.25, -0.2) is 9.98 Å². The fraction of sp³-hybridized carbons (Fsp3) is 0.292. The predicted molar refractivity (Wildman–Crippen MR) is 114 cm³/mol. The van der Waals surface area contributed by atoms with E-state index in [0.717, 1.165) is 0 Å². The second-order valence-corrected chi connectivity index (χ2v) is 7.26. The van der Waals surface area contributed by atoms with Crippen molar-refractivity contribution < 1.29 is 29.9 Å². The van der Waals surface area contributed by atoms with Gasteiger partial charge in [0.2, 0.25) is 0 Å². The Morgan fingerprint density at radius 1 is 0.828 bits per heavy atom. The Balaban J connectivity index is 0.000000708. The average Bonchev–Trinajstić information content (AvgIpc) is 3.41. The largest absolute Gasteiger partial charge is 0.478 e. The molecule has 5 heteroatoms. The number of allylic oxidation sites excluding steroid dienone is 1. The third kappa shape index (κ3) is 5.44. The molecule has 155 valence electrons. The number of ether oxygens (including phenoxy) is 2. The van der Waals surface area contributed by atoms with E-state index in [4.69, 9.17) is 19.5 Å². The number of nitrogens with zero attached hydrogens (tertiary/aromatic N) is 2. The quantitative estimate of drug-likeness (QED) is 0.552. The zero-order chi connectivity index (χ0) is 20.0. The van der Waals surface area contributed by atoms with E-state index in [1.54, 1.807) is 0 Å². The molecule has 0 unspecified atom stereocenters. The fourth-order valence-electron chi connectivity index (χ4n) is 3.21. The molecule has 29 heavy (non-hydrogen) atoms. The van der Waals surface area contributed by atoms with Crippen LogP contribution in [0.5, 0.6) is 0 Å². The first-order chi connectivity index (χ1) is 13.6. The van der Waals surface area contributed by atoms with Gasteiger partial charge in [-0.15, -0.1) is 6.58 Å². The first-order valence-corrected chi connectivity index (χ1v) is 9.48. The summed E-state index contributed by atoms with van der Waals surface area (Å²) in [6, 6.07) is 20.6. The second-order valence-electron chi connectivity index (χ2n) is 7.26. The predicted octanol–water partition coefficient (Wildman–Crippen LogP) is 5.36. The summed E-state index contributed by atoms with van der Waals surface area (Å²) >= 11 is 0. The molecule has 2 aliphatic heterocycles. The smallest absolute Gasteiger partial charge is 0.199 e. The Bertz CT molecular complexity index is 780. The van der Waals surface area contributed by atoms with Crippen molar-refractivity contribution in [3.8, 4) is 0 Å². The summed E-state index contributed by atoms with van der Waals surface area (Å²) in [5, 5.41) is 0. The Morgan fingerprint density at radius 2 is 1.17 bits per heavy atom. The summed E-state index contributed by atoms with van der Waals surface area (Å²) in [6.07, 6.45) is 1.50. The van der Waals surface area contributed by atoms with E-state index >= 15 is 0 Å². The van der Waals surface area contributed by atoms with Crippen LogP contribution in [0.1, 0.15) is 37.1 Å². The normalized spacial score (nSPS) is 20.1. The van der Waals surface area contributed by atoms with E-state index < -0.39 is 5.41 Å². The molecular formula is C24H27N2O2Pd. The standard InChI is InChI=1S/C21H22N2O2.C3H5.Pd/c1-21(2,19-22-17(13-24-19)15-9-5-3-6-10-15)20-23-18(14-25-20)16-11-7-4-8-12-16;1-3-2;/h3-12,17-18H,13-14H2,1-2H3;3H,1-2H2;/t17-,18-;;/m1../s1. The van der Waals surface area contributed by atoms with Gasteiger partial charge in [-0.3, -0.25) is 0 Å². The van der Waals surface area contributed by atoms with Gasteiger partial charge >= 0.3 is 0 Å². The van der Waals surface area contributed by atoms with Crippen molar-refractivity contribution in [3.63, 3.8) is 0 Å². The first-order valence-electron chi connectivity index (χ1n) is 9.48. The van der Waals surface area contributed by atoms with E-state index in [9.17, 15) is 0 Å².